The second-order valence-corrected chi connectivity index (χ2v) is 2.21. The molecule has 0 aliphatic carbocycles. The Morgan fingerprint density at radius 2 is 2.36 bits per heavy atom. The van der Waals surface area contributed by atoms with Crippen LogP contribution in [0.2, 0.25) is 0 Å². The summed E-state index contributed by atoms with van der Waals surface area (Å²) in [5.41, 5.74) is 7.14. The minimum atomic E-state index is 0.323. The highest BCUT2D eigenvalue weighted by molar-refractivity contribution is 5.49. The Hall–Kier alpha value is -1.56. The average Bonchev–Trinajstić information content (AvgIpc) is 2.05. The summed E-state index contributed by atoms with van der Waals surface area (Å²) < 4.78 is 0. The minimum absolute atomic E-state index is 0.323. The first kappa shape index (κ1) is 7.55. The highest BCUT2D eigenvalue weighted by Gasteiger charge is 1.99. The van der Waals surface area contributed by atoms with Crippen molar-refractivity contribution in [3.8, 4) is 6.07 Å². The molecule has 3 heteroatoms. The van der Waals surface area contributed by atoms with Crippen molar-refractivity contribution in [2.24, 2.45) is 0 Å². The summed E-state index contributed by atoms with van der Waals surface area (Å²) in [5, 5.41) is 8.55. The van der Waals surface area contributed by atoms with Crippen molar-refractivity contribution in [3.05, 3.63) is 23.5 Å². The fourth-order valence-electron chi connectivity index (χ4n) is 0.797. The molecule has 0 atom stereocenters. The van der Waals surface area contributed by atoms with Crippen LogP contribution in [0.25, 0.3) is 0 Å². The number of nitrogens with zero attached hydrogens (tertiary/aromatic N) is 2. The van der Waals surface area contributed by atoms with Gasteiger partial charge in [-0.2, -0.15) is 5.26 Å². The molecule has 3 nitrogen and oxygen atoms in total. The normalized spacial score (nSPS) is 9.09. The Labute approximate surface area is 65.5 Å². The van der Waals surface area contributed by atoms with Gasteiger partial charge in [0.15, 0.2) is 5.69 Å². The second kappa shape index (κ2) is 3.02. The largest absolute Gasteiger partial charge is 0.396 e. The van der Waals surface area contributed by atoms with Gasteiger partial charge >= 0.3 is 0 Å². The van der Waals surface area contributed by atoms with Crippen LogP contribution in [0, 0.1) is 11.3 Å². The Morgan fingerprint density at radius 1 is 1.64 bits per heavy atom. The van der Waals surface area contributed by atoms with Gasteiger partial charge < -0.3 is 5.73 Å². The molecule has 0 saturated heterocycles. The SMILES string of the molecule is CCc1ccc(N)c(C#N)n1. The van der Waals surface area contributed by atoms with Gasteiger partial charge in [-0.05, 0) is 18.6 Å². The van der Waals surface area contributed by atoms with Gasteiger partial charge in [-0.25, -0.2) is 4.98 Å². The lowest BCUT2D eigenvalue weighted by Crippen LogP contribution is -1.96. The molecule has 1 rings (SSSR count). The molecule has 0 bridgehead atoms. The fraction of sp³-hybridized carbons (Fsp3) is 0.250. The first-order valence-electron chi connectivity index (χ1n) is 3.43. The highest BCUT2D eigenvalue weighted by atomic mass is 14.8. The lowest BCUT2D eigenvalue weighted by Gasteiger charge is -1.98. The lowest BCUT2D eigenvalue weighted by molar-refractivity contribution is 1.03. The number of hydrogen-bond donors (Lipinski definition) is 1. The summed E-state index contributed by atoms with van der Waals surface area (Å²) in [7, 11) is 0. The van der Waals surface area contributed by atoms with E-state index >= 15 is 0 Å². The number of anilines is 1. The average molecular weight is 147 g/mol. The zero-order valence-corrected chi connectivity index (χ0v) is 6.33. The van der Waals surface area contributed by atoms with Gasteiger partial charge in [0, 0.05) is 5.69 Å². The van der Waals surface area contributed by atoms with E-state index in [2.05, 4.69) is 4.98 Å². The van der Waals surface area contributed by atoms with Crippen molar-refractivity contribution >= 4 is 5.69 Å². The summed E-state index contributed by atoms with van der Waals surface area (Å²) in [5.74, 6) is 0. The fourth-order valence-corrected chi connectivity index (χ4v) is 0.797. The van der Waals surface area contributed by atoms with Crippen LogP contribution < -0.4 is 5.73 Å². The smallest absolute Gasteiger partial charge is 0.163 e. The molecule has 1 aromatic heterocycles. The molecule has 2 N–H and O–H groups in total. The van der Waals surface area contributed by atoms with Gasteiger partial charge in [0.1, 0.15) is 6.07 Å². The summed E-state index contributed by atoms with van der Waals surface area (Å²) in [6.45, 7) is 1.99. The maximum absolute atomic E-state index is 8.55. The number of nitrogen functional groups attached to an aromatic ring is 1. The van der Waals surface area contributed by atoms with Crippen molar-refractivity contribution in [1.29, 1.82) is 5.26 Å². The maximum atomic E-state index is 8.55. The Bertz CT molecular complexity index is 299. The molecule has 0 amide bonds. The molecule has 0 saturated carbocycles. The number of aryl methyl sites for hydroxylation is 1. The van der Waals surface area contributed by atoms with E-state index in [0.717, 1.165) is 12.1 Å². The summed E-state index contributed by atoms with van der Waals surface area (Å²) in [6.07, 6.45) is 0.828. The Morgan fingerprint density at radius 3 is 2.91 bits per heavy atom. The first-order valence-corrected chi connectivity index (χ1v) is 3.43. The molecule has 1 heterocycles. The Kier molecular flexibility index (Phi) is 2.07. The van der Waals surface area contributed by atoms with Crippen molar-refractivity contribution in [3.63, 3.8) is 0 Å². The van der Waals surface area contributed by atoms with Crippen LogP contribution in [-0.4, -0.2) is 4.98 Å². The van der Waals surface area contributed by atoms with Crippen molar-refractivity contribution in [2.45, 2.75) is 13.3 Å². The molecule has 0 fully saturated rings. The van der Waals surface area contributed by atoms with Crippen LogP contribution in [0.4, 0.5) is 5.69 Å². The summed E-state index contributed by atoms with van der Waals surface area (Å²) in [6, 6.07) is 5.48. The van der Waals surface area contributed by atoms with Crippen LogP contribution in [0.15, 0.2) is 12.1 Å². The molecule has 0 spiro atoms. The van der Waals surface area contributed by atoms with Gasteiger partial charge in [0.25, 0.3) is 0 Å². The monoisotopic (exact) mass is 147 g/mol. The van der Waals surface area contributed by atoms with E-state index in [9.17, 15) is 0 Å². The number of aromatic nitrogens is 1. The van der Waals surface area contributed by atoms with Gasteiger partial charge in [0.2, 0.25) is 0 Å². The number of nitrogens with two attached hydrogens (primary N) is 1. The highest BCUT2D eigenvalue weighted by Crippen LogP contribution is 2.08. The molecular formula is C8H9N3. The van der Waals surface area contributed by atoms with E-state index in [1.54, 1.807) is 6.07 Å². The summed E-state index contributed by atoms with van der Waals surface area (Å²) >= 11 is 0. The van der Waals surface area contributed by atoms with Crippen LogP contribution in [0.1, 0.15) is 18.3 Å². The molecule has 0 aromatic carbocycles. The third kappa shape index (κ3) is 1.47. The van der Waals surface area contributed by atoms with Crippen LogP contribution >= 0.6 is 0 Å². The van der Waals surface area contributed by atoms with E-state index in [1.807, 2.05) is 19.1 Å². The van der Waals surface area contributed by atoms with E-state index in [0.29, 0.717) is 11.4 Å². The molecular weight excluding hydrogens is 138 g/mol. The third-order valence-corrected chi connectivity index (χ3v) is 1.45. The number of nitriles is 1. The van der Waals surface area contributed by atoms with E-state index < -0.39 is 0 Å². The molecule has 56 valence electrons. The minimum Gasteiger partial charge on any atom is -0.396 e. The number of pyridine rings is 1. The Balaban J connectivity index is 3.15. The zero-order chi connectivity index (χ0) is 8.27. The van der Waals surface area contributed by atoms with Crippen molar-refractivity contribution < 1.29 is 0 Å². The number of hydrogen-bond acceptors (Lipinski definition) is 3. The van der Waals surface area contributed by atoms with E-state index in [1.165, 1.54) is 0 Å². The first-order chi connectivity index (χ1) is 5.27. The van der Waals surface area contributed by atoms with Crippen LogP contribution in [0.5, 0.6) is 0 Å². The second-order valence-electron chi connectivity index (χ2n) is 2.21. The van der Waals surface area contributed by atoms with Gasteiger partial charge in [-0.3, -0.25) is 0 Å². The third-order valence-electron chi connectivity index (χ3n) is 1.45. The molecule has 1 aromatic rings. The zero-order valence-electron chi connectivity index (χ0n) is 6.33. The molecule has 0 unspecified atom stereocenters. The van der Waals surface area contributed by atoms with Gasteiger partial charge in [-0.15, -0.1) is 0 Å². The van der Waals surface area contributed by atoms with E-state index in [4.69, 9.17) is 11.0 Å². The van der Waals surface area contributed by atoms with Crippen molar-refractivity contribution in [2.75, 3.05) is 5.73 Å². The maximum Gasteiger partial charge on any atom is 0.163 e. The quantitative estimate of drug-likeness (QED) is 0.646. The summed E-state index contributed by atoms with van der Waals surface area (Å²) in [4.78, 5) is 4.02. The van der Waals surface area contributed by atoms with Crippen molar-refractivity contribution in [1.82, 2.24) is 4.98 Å². The van der Waals surface area contributed by atoms with Crippen LogP contribution in [-0.2, 0) is 6.42 Å². The molecule has 0 radical (unpaired) electrons. The van der Waals surface area contributed by atoms with E-state index in [-0.39, 0.29) is 0 Å². The molecule has 11 heavy (non-hydrogen) atoms. The number of rotatable bonds is 1. The molecule has 0 aliphatic rings. The predicted molar refractivity (Wildman–Crippen MR) is 42.7 cm³/mol. The topological polar surface area (TPSA) is 62.7 Å². The molecule has 0 aliphatic heterocycles. The predicted octanol–water partition coefficient (Wildman–Crippen LogP) is 1.10. The van der Waals surface area contributed by atoms with Gasteiger partial charge in [-0.1, -0.05) is 6.92 Å². The van der Waals surface area contributed by atoms with Crippen LogP contribution in [0.3, 0.4) is 0 Å². The van der Waals surface area contributed by atoms with Gasteiger partial charge in [0.05, 0.1) is 5.69 Å². The standard InChI is InChI=1S/C8H9N3/c1-2-6-3-4-7(10)8(5-9)11-6/h3-4H,2,10H2,1H3. The lowest BCUT2D eigenvalue weighted by atomic mass is 10.2.